The highest BCUT2D eigenvalue weighted by Crippen LogP contribution is 2.40. The van der Waals surface area contributed by atoms with Crippen LogP contribution in [0.1, 0.15) is 16.7 Å². The Hall–Kier alpha value is -2.66. The molecule has 0 aromatic heterocycles. The Morgan fingerprint density at radius 2 is 1.73 bits per heavy atom. The molecule has 1 aliphatic rings. The number of nitrogens with one attached hydrogen (secondary N) is 1. The summed E-state index contributed by atoms with van der Waals surface area (Å²) >= 11 is 5.85. The van der Waals surface area contributed by atoms with Gasteiger partial charge in [-0.2, -0.15) is 0 Å². The average molecular weight is 374 g/mol. The molecule has 0 unspecified atom stereocenters. The molecule has 1 aliphatic heterocycles. The van der Waals surface area contributed by atoms with Gasteiger partial charge in [0.25, 0.3) is 5.91 Å². The second-order valence-corrected chi connectivity index (χ2v) is 6.15. The maximum atomic E-state index is 12.5. The number of anilines is 1. The van der Waals surface area contributed by atoms with Gasteiger partial charge in [-0.05, 0) is 30.2 Å². The molecule has 6 heteroatoms. The first-order valence-corrected chi connectivity index (χ1v) is 8.67. The third-order valence-corrected chi connectivity index (χ3v) is 4.48. The Morgan fingerprint density at radius 3 is 2.31 bits per heavy atom. The van der Waals surface area contributed by atoms with E-state index in [1.165, 1.54) is 0 Å². The molecule has 1 amide bonds. The van der Waals surface area contributed by atoms with Crippen LogP contribution >= 0.6 is 11.6 Å². The second kappa shape index (κ2) is 7.70. The molecule has 0 fully saturated rings. The summed E-state index contributed by atoms with van der Waals surface area (Å²) in [4.78, 5) is 12.5. The third-order valence-electron chi connectivity index (χ3n) is 4.29. The van der Waals surface area contributed by atoms with Crippen molar-refractivity contribution in [1.82, 2.24) is 0 Å². The Bertz CT molecular complexity index is 851. The zero-order valence-electron chi connectivity index (χ0n) is 14.9. The number of alkyl halides is 1. The van der Waals surface area contributed by atoms with Crippen molar-refractivity contribution in [1.29, 1.82) is 0 Å². The summed E-state index contributed by atoms with van der Waals surface area (Å²) in [5.41, 5.74) is 3.94. The number of fused-ring (bicyclic) bond motifs is 1. The summed E-state index contributed by atoms with van der Waals surface area (Å²) in [7, 11) is 4.71. The number of halogens is 1. The number of ether oxygens (including phenoxy) is 3. The van der Waals surface area contributed by atoms with Gasteiger partial charge in [0.2, 0.25) is 0 Å². The van der Waals surface area contributed by atoms with Gasteiger partial charge in [0.05, 0.1) is 26.9 Å². The van der Waals surface area contributed by atoms with E-state index < -0.39 is 0 Å². The number of carbonyl (C=O) groups excluding carboxylic acids is 1. The number of benzene rings is 2. The number of aryl methyl sites for hydroxylation is 1. The maximum Gasteiger partial charge on any atom is 0.256 e. The van der Waals surface area contributed by atoms with E-state index >= 15 is 0 Å². The van der Waals surface area contributed by atoms with Gasteiger partial charge in [-0.3, -0.25) is 4.79 Å². The van der Waals surface area contributed by atoms with Crippen molar-refractivity contribution in [2.45, 2.75) is 6.42 Å². The molecule has 26 heavy (non-hydrogen) atoms. The SMILES string of the molecule is COc1cc(OC)c(C=C2C(=O)Nc3ccc(CCCl)cc32)c(OC)c1. The molecule has 136 valence electrons. The zero-order chi connectivity index (χ0) is 18.7. The first-order valence-electron chi connectivity index (χ1n) is 8.13. The highest BCUT2D eigenvalue weighted by Gasteiger charge is 2.25. The van der Waals surface area contributed by atoms with Gasteiger partial charge in [-0.25, -0.2) is 0 Å². The summed E-state index contributed by atoms with van der Waals surface area (Å²) in [5.74, 6) is 2.10. The van der Waals surface area contributed by atoms with Gasteiger partial charge in [0, 0.05) is 34.8 Å². The van der Waals surface area contributed by atoms with Crippen LogP contribution in [-0.2, 0) is 11.2 Å². The van der Waals surface area contributed by atoms with Gasteiger partial charge in [0.15, 0.2) is 0 Å². The van der Waals surface area contributed by atoms with E-state index in [4.69, 9.17) is 25.8 Å². The minimum absolute atomic E-state index is 0.164. The molecule has 2 aromatic carbocycles. The standard InChI is InChI=1S/C20H20ClNO4/c1-24-13-9-18(25-2)16(19(10-13)26-3)11-15-14-8-12(6-7-21)4-5-17(14)22-20(15)23/h4-5,8-11H,6-7H2,1-3H3,(H,22,23). The fourth-order valence-corrected chi connectivity index (χ4v) is 3.18. The smallest absolute Gasteiger partial charge is 0.256 e. The predicted molar refractivity (Wildman–Crippen MR) is 103 cm³/mol. The van der Waals surface area contributed by atoms with E-state index in [-0.39, 0.29) is 5.91 Å². The Kier molecular flexibility index (Phi) is 5.38. The molecule has 0 bridgehead atoms. The third kappa shape index (κ3) is 3.35. The number of hydrogen-bond donors (Lipinski definition) is 1. The summed E-state index contributed by atoms with van der Waals surface area (Å²) in [5, 5.41) is 2.89. The van der Waals surface area contributed by atoms with E-state index in [0.717, 1.165) is 23.2 Å². The molecular formula is C20H20ClNO4. The fraction of sp³-hybridized carbons (Fsp3) is 0.250. The fourth-order valence-electron chi connectivity index (χ4n) is 2.96. The highest BCUT2D eigenvalue weighted by molar-refractivity contribution is 6.35. The van der Waals surface area contributed by atoms with Crippen LogP contribution in [0.15, 0.2) is 30.3 Å². The van der Waals surface area contributed by atoms with Gasteiger partial charge >= 0.3 is 0 Å². The topological polar surface area (TPSA) is 56.8 Å². The van der Waals surface area contributed by atoms with Crippen LogP contribution in [0.3, 0.4) is 0 Å². The van der Waals surface area contributed by atoms with Gasteiger partial charge < -0.3 is 19.5 Å². The molecule has 2 aromatic rings. The molecule has 0 radical (unpaired) electrons. The number of amides is 1. The lowest BCUT2D eigenvalue weighted by atomic mass is 10.00. The monoisotopic (exact) mass is 373 g/mol. The van der Waals surface area contributed by atoms with Crippen LogP contribution in [0.2, 0.25) is 0 Å². The molecule has 1 heterocycles. The lowest BCUT2D eigenvalue weighted by Crippen LogP contribution is -2.04. The minimum Gasteiger partial charge on any atom is -0.496 e. The average Bonchev–Trinajstić information content (AvgIpc) is 2.97. The van der Waals surface area contributed by atoms with Crippen LogP contribution in [0.5, 0.6) is 17.2 Å². The van der Waals surface area contributed by atoms with Crippen LogP contribution < -0.4 is 19.5 Å². The van der Waals surface area contributed by atoms with Gasteiger partial charge in [-0.1, -0.05) is 6.07 Å². The Balaban J connectivity index is 2.14. The van der Waals surface area contributed by atoms with E-state index in [1.54, 1.807) is 39.5 Å². The molecule has 0 saturated heterocycles. The number of carbonyl (C=O) groups is 1. The molecular weight excluding hydrogens is 354 g/mol. The van der Waals surface area contributed by atoms with Crippen molar-refractivity contribution in [2.75, 3.05) is 32.5 Å². The Morgan fingerprint density at radius 1 is 1.04 bits per heavy atom. The van der Waals surface area contributed by atoms with Crippen molar-refractivity contribution in [3.05, 3.63) is 47.0 Å². The number of rotatable bonds is 6. The van der Waals surface area contributed by atoms with E-state index in [1.807, 2.05) is 18.2 Å². The molecule has 3 rings (SSSR count). The molecule has 1 N–H and O–H groups in total. The van der Waals surface area contributed by atoms with Crippen LogP contribution in [0, 0.1) is 0 Å². The normalized spacial score (nSPS) is 14.2. The zero-order valence-corrected chi connectivity index (χ0v) is 15.6. The van der Waals surface area contributed by atoms with E-state index in [2.05, 4.69) is 5.32 Å². The van der Waals surface area contributed by atoms with Crippen molar-refractivity contribution in [2.24, 2.45) is 0 Å². The van der Waals surface area contributed by atoms with Gasteiger partial charge in [-0.15, -0.1) is 11.6 Å². The maximum absolute atomic E-state index is 12.5. The predicted octanol–water partition coefficient (Wildman–Crippen LogP) is 3.99. The first kappa shape index (κ1) is 18.1. The van der Waals surface area contributed by atoms with E-state index in [0.29, 0.717) is 34.3 Å². The molecule has 5 nitrogen and oxygen atoms in total. The van der Waals surface area contributed by atoms with Crippen molar-refractivity contribution >= 4 is 34.8 Å². The molecule has 0 saturated carbocycles. The lowest BCUT2D eigenvalue weighted by Gasteiger charge is -2.13. The van der Waals surface area contributed by atoms with E-state index in [9.17, 15) is 4.79 Å². The summed E-state index contributed by atoms with van der Waals surface area (Å²) in [6.07, 6.45) is 2.52. The molecule has 0 spiro atoms. The van der Waals surface area contributed by atoms with Crippen LogP contribution in [0.4, 0.5) is 5.69 Å². The van der Waals surface area contributed by atoms with Crippen LogP contribution in [-0.4, -0.2) is 33.1 Å². The first-order chi connectivity index (χ1) is 12.6. The molecule has 0 aliphatic carbocycles. The summed E-state index contributed by atoms with van der Waals surface area (Å²) in [6, 6.07) is 9.38. The summed E-state index contributed by atoms with van der Waals surface area (Å²) in [6.45, 7) is 0. The molecule has 0 atom stereocenters. The van der Waals surface area contributed by atoms with Gasteiger partial charge in [0.1, 0.15) is 17.2 Å². The largest absolute Gasteiger partial charge is 0.496 e. The van der Waals surface area contributed by atoms with Crippen molar-refractivity contribution in [3.63, 3.8) is 0 Å². The minimum atomic E-state index is -0.164. The van der Waals surface area contributed by atoms with Crippen molar-refractivity contribution in [3.8, 4) is 17.2 Å². The lowest BCUT2D eigenvalue weighted by molar-refractivity contribution is -0.110. The Labute approximate surface area is 157 Å². The van der Waals surface area contributed by atoms with Crippen molar-refractivity contribution < 1.29 is 19.0 Å². The van der Waals surface area contributed by atoms with Crippen LogP contribution in [0.25, 0.3) is 11.6 Å². The second-order valence-electron chi connectivity index (χ2n) is 5.78. The number of methoxy groups -OCH3 is 3. The number of hydrogen-bond acceptors (Lipinski definition) is 4. The summed E-state index contributed by atoms with van der Waals surface area (Å²) < 4.78 is 16.2. The highest BCUT2D eigenvalue weighted by atomic mass is 35.5. The quantitative estimate of drug-likeness (QED) is 0.614.